The molecule has 3 fully saturated rings. The summed E-state index contributed by atoms with van der Waals surface area (Å²) in [5.74, 6) is 0.690. The fourth-order valence-corrected chi connectivity index (χ4v) is 4.80. The third kappa shape index (κ3) is 4.13. The van der Waals surface area contributed by atoms with E-state index in [1.807, 2.05) is 24.3 Å². The van der Waals surface area contributed by atoms with E-state index < -0.39 is 6.29 Å². The predicted molar refractivity (Wildman–Crippen MR) is 104 cm³/mol. The maximum atomic E-state index is 10.8. The van der Waals surface area contributed by atoms with Gasteiger partial charge in [-0.3, -0.25) is 0 Å². The second-order valence-corrected chi connectivity index (χ2v) is 8.17. The Morgan fingerprint density at radius 3 is 2.32 bits per heavy atom. The van der Waals surface area contributed by atoms with Crippen molar-refractivity contribution in [3.63, 3.8) is 0 Å². The summed E-state index contributed by atoms with van der Waals surface area (Å²) in [5.41, 5.74) is 1.25. The van der Waals surface area contributed by atoms with Crippen molar-refractivity contribution in [2.75, 3.05) is 0 Å². The van der Waals surface area contributed by atoms with Gasteiger partial charge in [0, 0.05) is 5.41 Å². The summed E-state index contributed by atoms with van der Waals surface area (Å²) in [6.45, 7) is 2.27. The fraction of sp³-hybridized carbons (Fsp3) is 0.667. The minimum Gasteiger partial charge on any atom is -0.465 e. The molecule has 0 spiro atoms. The van der Waals surface area contributed by atoms with Gasteiger partial charge in [0.2, 0.25) is 6.29 Å². The van der Waals surface area contributed by atoms with Crippen molar-refractivity contribution in [1.29, 1.82) is 0 Å². The van der Waals surface area contributed by atoms with Crippen molar-refractivity contribution in [2.24, 2.45) is 15.8 Å². The first kappa shape index (κ1) is 18.6. The molecular formula is C21H29NO2S. The van der Waals surface area contributed by atoms with Crippen LogP contribution in [0.25, 0.3) is 0 Å². The number of aliphatic hydroxyl groups is 1. The summed E-state index contributed by atoms with van der Waals surface area (Å²) in [4.78, 5) is 3.94. The third-order valence-electron chi connectivity index (χ3n) is 6.55. The SMILES string of the molecule is CCCCCC12CCC(C(O)Oc3ccc(N=C=S)cc3)(CC1)CC2. The van der Waals surface area contributed by atoms with Crippen LogP contribution in [0.2, 0.25) is 0 Å². The molecule has 0 amide bonds. The first-order chi connectivity index (χ1) is 12.1. The van der Waals surface area contributed by atoms with Crippen LogP contribution in [0.3, 0.4) is 0 Å². The van der Waals surface area contributed by atoms with E-state index in [4.69, 9.17) is 4.74 Å². The van der Waals surface area contributed by atoms with Crippen molar-refractivity contribution >= 4 is 23.1 Å². The molecule has 0 aliphatic heterocycles. The van der Waals surface area contributed by atoms with Gasteiger partial charge in [-0.2, -0.15) is 4.99 Å². The molecule has 25 heavy (non-hydrogen) atoms. The summed E-state index contributed by atoms with van der Waals surface area (Å²) in [6, 6.07) is 7.34. The Balaban J connectivity index is 1.58. The number of fused-ring (bicyclic) bond motifs is 3. The lowest BCUT2D eigenvalue weighted by atomic mass is 9.52. The highest BCUT2D eigenvalue weighted by molar-refractivity contribution is 7.78. The minimum absolute atomic E-state index is 0.0578. The van der Waals surface area contributed by atoms with Crippen LogP contribution < -0.4 is 4.74 Å². The number of aliphatic hydroxyl groups excluding tert-OH is 1. The fourth-order valence-electron chi connectivity index (χ4n) is 4.69. The van der Waals surface area contributed by atoms with Crippen molar-refractivity contribution in [2.45, 2.75) is 77.4 Å². The van der Waals surface area contributed by atoms with Crippen LogP contribution >= 0.6 is 12.2 Å². The van der Waals surface area contributed by atoms with Crippen LogP contribution in [0.4, 0.5) is 5.69 Å². The van der Waals surface area contributed by atoms with E-state index in [-0.39, 0.29) is 5.41 Å². The summed E-state index contributed by atoms with van der Waals surface area (Å²) >= 11 is 4.61. The molecule has 2 bridgehead atoms. The van der Waals surface area contributed by atoms with E-state index >= 15 is 0 Å². The minimum atomic E-state index is -0.721. The van der Waals surface area contributed by atoms with Crippen molar-refractivity contribution < 1.29 is 9.84 Å². The first-order valence-corrected chi connectivity index (χ1v) is 10.0. The van der Waals surface area contributed by atoms with Crippen LogP contribution in [0.15, 0.2) is 29.3 Å². The summed E-state index contributed by atoms with van der Waals surface area (Å²) in [5, 5.41) is 13.2. The van der Waals surface area contributed by atoms with Gasteiger partial charge in [-0.05, 0) is 86.8 Å². The number of isothiocyanates is 1. The Bertz CT molecular complexity index is 597. The maximum absolute atomic E-state index is 10.8. The van der Waals surface area contributed by atoms with Crippen molar-refractivity contribution in [3.8, 4) is 5.75 Å². The molecule has 0 heterocycles. The molecule has 1 unspecified atom stereocenters. The highest BCUT2D eigenvalue weighted by Crippen LogP contribution is 2.60. The van der Waals surface area contributed by atoms with Crippen molar-refractivity contribution in [1.82, 2.24) is 0 Å². The Labute approximate surface area is 156 Å². The van der Waals surface area contributed by atoms with Crippen LogP contribution in [0.5, 0.6) is 5.75 Å². The average Bonchev–Trinajstić information content (AvgIpc) is 2.65. The number of hydrogen-bond donors (Lipinski definition) is 1. The van der Waals surface area contributed by atoms with E-state index in [1.165, 1.54) is 44.9 Å². The van der Waals surface area contributed by atoms with E-state index in [2.05, 4.69) is 29.3 Å². The van der Waals surface area contributed by atoms with Gasteiger partial charge in [-0.25, -0.2) is 0 Å². The average molecular weight is 360 g/mol. The number of benzene rings is 1. The van der Waals surface area contributed by atoms with Crippen LogP contribution in [-0.2, 0) is 0 Å². The van der Waals surface area contributed by atoms with Crippen LogP contribution in [0.1, 0.15) is 71.1 Å². The lowest BCUT2D eigenvalue weighted by Gasteiger charge is -2.54. The number of thiocarbonyl (C=S) groups is 1. The molecule has 1 aromatic rings. The standard InChI is InChI=1S/C21H29NO2S/c1-2-3-4-9-20-10-13-21(14-11-20,15-12-20)19(23)24-18-7-5-17(6-8-18)22-16-25/h5-8,19,23H,2-4,9-15H2,1H3. The van der Waals surface area contributed by atoms with Gasteiger partial charge >= 0.3 is 0 Å². The Hall–Kier alpha value is -1.22. The Kier molecular flexibility index (Phi) is 5.93. The van der Waals surface area contributed by atoms with Gasteiger partial charge in [0.1, 0.15) is 5.75 Å². The number of rotatable bonds is 8. The van der Waals surface area contributed by atoms with Gasteiger partial charge in [0.15, 0.2) is 0 Å². The zero-order valence-electron chi connectivity index (χ0n) is 15.2. The van der Waals surface area contributed by atoms with Crippen molar-refractivity contribution in [3.05, 3.63) is 24.3 Å². The van der Waals surface area contributed by atoms with Crippen LogP contribution in [-0.4, -0.2) is 16.6 Å². The highest BCUT2D eigenvalue weighted by Gasteiger charge is 2.52. The molecule has 3 aliphatic rings. The molecule has 3 aliphatic carbocycles. The number of ether oxygens (including phenoxy) is 1. The van der Waals surface area contributed by atoms with Gasteiger partial charge < -0.3 is 9.84 Å². The predicted octanol–water partition coefficient (Wildman–Crippen LogP) is 6.04. The molecule has 4 rings (SSSR count). The molecule has 1 aromatic carbocycles. The molecule has 1 atom stereocenters. The second kappa shape index (κ2) is 7.99. The highest BCUT2D eigenvalue weighted by atomic mass is 32.1. The molecule has 136 valence electrons. The molecule has 0 radical (unpaired) electrons. The zero-order valence-corrected chi connectivity index (χ0v) is 16.0. The summed E-state index contributed by atoms with van der Waals surface area (Å²) in [6.07, 6.45) is 11.7. The smallest absolute Gasteiger partial charge is 0.203 e. The van der Waals surface area contributed by atoms with E-state index in [9.17, 15) is 5.11 Å². The largest absolute Gasteiger partial charge is 0.465 e. The van der Waals surface area contributed by atoms with Gasteiger partial charge in [0.25, 0.3) is 0 Å². The van der Waals surface area contributed by atoms with Gasteiger partial charge in [-0.15, -0.1) is 0 Å². The topological polar surface area (TPSA) is 41.8 Å². The third-order valence-corrected chi connectivity index (χ3v) is 6.64. The molecule has 4 heteroatoms. The summed E-state index contributed by atoms with van der Waals surface area (Å²) in [7, 11) is 0. The van der Waals surface area contributed by atoms with E-state index in [0.29, 0.717) is 11.2 Å². The Morgan fingerprint density at radius 2 is 1.76 bits per heavy atom. The molecule has 3 nitrogen and oxygen atoms in total. The number of unbranched alkanes of at least 4 members (excludes halogenated alkanes) is 2. The molecular weight excluding hydrogens is 330 g/mol. The van der Waals surface area contributed by atoms with E-state index in [0.717, 1.165) is 24.9 Å². The first-order valence-electron chi connectivity index (χ1n) is 9.64. The molecule has 1 N–H and O–H groups in total. The zero-order chi connectivity index (χ0) is 17.8. The number of nitrogens with zero attached hydrogens (tertiary/aromatic N) is 1. The van der Waals surface area contributed by atoms with Crippen LogP contribution in [0, 0.1) is 10.8 Å². The summed E-state index contributed by atoms with van der Waals surface area (Å²) < 4.78 is 5.90. The number of hydrogen-bond acceptors (Lipinski definition) is 4. The van der Waals surface area contributed by atoms with Gasteiger partial charge in [0.05, 0.1) is 10.8 Å². The molecule has 0 aromatic heterocycles. The van der Waals surface area contributed by atoms with E-state index in [1.54, 1.807) is 0 Å². The molecule has 0 saturated heterocycles. The maximum Gasteiger partial charge on any atom is 0.203 e. The van der Waals surface area contributed by atoms with Gasteiger partial charge in [-0.1, -0.05) is 26.2 Å². The monoisotopic (exact) mass is 359 g/mol. The molecule has 3 saturated carbocycles. The lowest BCUT2D eigenvalue weighted by molar-refractivity contribution is -0.172. The number of aliphatic imine (C=N–C) groups is 1. The second-order valence-electron chi connectivity index (χ2n) is 7.99. The Morgan fingerprint density at radius 1 is 1.12 bits per heavy atom. The normalized spacial score (nSPS) is 29.0. The lowest BCUT2D eigenvalue weighted by Crippen LogP contribution is -2.49. The quantitative estimate of drug-likeness (QED) is 0.266.